The number of benzene rings is 1. The van der Waals surface area contributed by atoms with E-state index in [0.717, 1.165) is 42.9 Å². The lowest BCUT2D eigenvalue weighted by Crippen LogP contribution is -2.36. The second-order valence-corrected chi connectivity index (χ2v) is 7.15. The van der Waals surface area contributed by atoms with Gasteiger partial charge in [0.05, 0.1) is 17.5 Å². The van der Waals surface area contributed by atoms with Crippen LogP contribution >= 0.6 is 22.9 Å². The van der Waals surface area contributed by atoms with Crippen LogP contribution in [0.25, 0.3) is 10.1 Å². The molecule has 1 aliphatic heterocycles. The molecule has 2 heterocycles. The fourth-order valence-corrected chi connectivity index (χ4v) is 4.49. The zero-order valence-electron chi connectivity index (χ0n) is 12.7. The number of thiophene rings is 1. The molecule has 1 saturated heterocycles. The highest BCUT2D eigenvalue weighted by atomic mass is 35.5. The maximum Gasteiger partial charge on any atom is 0.309 e. The van der Waals surface area contributed by atoms with Crippen LogP contribution in [0, 0.1) is 5.92 Å². The molecule has 22 heavy (non-hydrogen) atoms. The lowest BCUT2D eigenvalue weighted by Gasteiger charge is -2.30. The molecule has 1 aromatic carbocycles. The van der Waals surface area contributed by atoms with Crippen LogP contribution in [0.1, 0.15) is 24.6 Å². The summed E-state index contributed by atoms with van der Waals surface area (Å²) in [6.07, 6.45) is 1.75. The summed E-state index contributed by atoms with van der Waals surface area (Å²) in [5, 5.41) is 2.03. The van der Waals surface area contributed by atoms with E-state index >= 15 is 0 Å². The van der Waals surface area contributed by atoms with Gasteiger partial charge in [0.15, 0.2) is 0 Å². The van der Waals surface area contributed by atoms with Gasteiger partial charge in [-0.1, -0.05) is 29.8 Å². The van der Waals surface area contributed by atoms with Gasteiger partial charge in [-0.3, -0.25) is 9.69 Å². The zero-order valence-corrected chi connectivity index (χ0v) is 14.3. The molecule has 0 atom stereocenters. The first kappa shape index (κ1) is 15.8. The van der Waals surface area contributed by atoms with Crippen molar-refractivity contribution in [3.63, 3.8) is 0 Å². The smallest absolute Gasteiger partial charge is 0.309 e. The Kier molecular flexibility index (Phi) is 5.01. The molecule has 0 unspecified atom stereocenters. The van der Waals surface area contributed by atoms with E-state index in [9.17, 15) is 4.79 Å². The first-order valence-electron chi connectivity index (χ1n) is 7.74. The molecule has 0 radical (unpaired) electrons. The second-order valence-electron chi connectivity index (χ2n) is 5.64. The van der Waals surface area contributed by atoms with E-state index in [0.29, 0.717) is 6.61 Å². The van der Waals surface area contributed by atoms with Gasteiger partial charge < -0.3 is 4.74 Å². The molecule has 1 fully saturated rings. The van der Waals surface area contributed by atoms with E-state index in [1.165, 1.54) is 9.58 Å². The molecule has 1 aliphatic rings. The number of hydrogen-bond acceptors (Lipinski definition) is 4. The SMILES string of the molecule is CCOC(=O)C1CCN(Cc2sc3ccccc3c2Cl)CC1. The van der Waals surface area contributed by atoms with Crippen LogP contribution in [0.2, 0.25) is 5.02 Å². The molecule has 0 N–H and O–H groups in total. The topological polar surface area (TPSA) is 29.5 Å². The monoisotopic (exact) mass is 337 g/mol. The van der Waals surface area contributed by atoms with E-state index in [-0.39, 0.29) is 11.9 Å². The lowest BCUT2D eigenvalue weighted by atomic mass is 9.97. The molecule has 2 aromatic rings. The van der Waals surface area contributed by atoms with Crippen LogP contribution in [0.3, 0.4) is 0 Å². The van der Waals surface area contributed by atoms with E-state index in [4.69, 9.17) is 16.3 Å². The summed E-state index contributed by atoms with van der Waals surface area (Å²) in [6.45, 7) is 5.04. The van der Waals surface area contributed by atoms with Gasteiger partial charge in [-0.2, -0.15) is 0 Å². The molecule has 0 amide bonds. The Morgan fingerprint density at radius 3 is 2.77 bits per heavy atom. The van der Waals surface area contributed by atoms with Crippen molar-refractivity contribution in [1.29, 1.82) is 0 Å². The third kappa shape index (κ3) is 3.29. The Morgan fingerprint density at radius 2 is 2.09 bits per heavy atom. The predicted octanol–water partition coefficient (Wildman–Crippen LogP) is 4.33. The van der Waals surface area contributed by atoms with Crippen molar-refractivity contribution < 1.29 is 9.53 Å². The molecule has 5 heteroatoms. The number of hydrogen-bond donors (Lipinski definition) is 0. The largest absolute Gasteiger partial charge is 0.466 e. The summed E-state index contributed by atoms with van der Waals surface area (Å²) in [4.78, 5) is 15.4. The predicted molar refractivity (Wildman–Crippen MR) is 91.5 cm³/mol. The van der Waals surface area contributed by atoms with Gasteiger partial charge >= 0.3 is 5.97 Å². The number of nitrogens with zero attached hydrogens (tertiary/aromatic N) is 1. The number of rotatable bonds is 4. The van der Waals surface area contributed by atoms with Gasteiger partial charge in [0.1, 0.15) is 0 Å². The van der Waals surface area contributed by atoms with Gasteiger partial charge in [-0.25, -0.2) is 0 Å². The van der Waals surface area contributed by atoms with Crippen molar-refractivity contribution in [1.82, 2.24) is 4.90 Å². The number of fused-ring (bicyclic) bond motifs is 1. The summed E-state index contributed by atoms with van der Waals surface area (Å²) >= 11 is 8.27. The van der Waals surface area contributed by atoms with Gasteiger partial charge in [0.2, 0.25) is 0 Å². The first-order chi connectivity index (χ1) is 10.7. The van der Waals surface area contributed by atoms with Crippen LogP contribution in [0.15, 0.2) is 24.3 Å². The number of carbonyl (C=O) groups is 1. The summed E-state index contributed by atoms with van der Waals surface area (Å²) in [5.74, 6) is 0.0242. The highest BCUT2D eigenvalue weighted by molar-refractivity contribution is 7.19. The average Bonchev–Trinajstić information content (AvgIpc) is 2.85. The molecule has 1 aromatic heterocycles. The number of piperidine rings is 1. The molecule has 0 bridgehead atoms. The van der Waals surface area contributed by atoms with Gasteiger partial charge in [-0.05, 0) is 38.9 Å². The van der Waals surface area contributed by atoms with Crippen molar-refractivity contribution >= 4 is 39.0 Å². The number of carbonyl (C=O) groups excluding carboxylic acids is 1. The Labute approximate surface area is 139 Å². The fourth-order valence-electron chi connectivity index (χ4n) is 2.96. The molecule has 118 valence electrons. The van der Waals surface area contributed by atoms with Gasteiger partial charge in [0.25, 0.3) is 0 Å². The standard InChI is InChI=1S/C17H20ClNO2S/c1-2-21-17(20)12-7-9-19(10-8-12)11-15-16(18)13-5-3-4-6-14(13)22-15/h3-6,12H,2,7-11H2,1H3. The Bertz CT molecular complexity index is 662. The molecule has 3 rings (SSSR count). The number of likely N-dealkylation sites (tertiary alicyclic amines) is 1. The maximum atomic E-state index is 11.8. The number of ether oxygens (including phenoxy) is 1. The lowest BCUT2D eigenvalue weighted by molar-refractivity contribution is -0.149. The first-order valence-corrected chi connectivity index (χ1v) is 8.93. The molecule has 0 spiro atoms. The molecule has 3 nitrogen and oxygen atoms in total. The molecule has 0 aliphatic carbocycles. The van der Waals surface area contributed by atoms with E-state index in [1.54, 1.807) is 11.3 Å². The highest BCUT2D eigenvalue weighted by Gasteiger charge is 2.26. The third-order valence-corrected chi connectivity index (χ3v) is 5.88. The molecular formula is C17H20ClNO2S. The quantitative estimate of drug-likeness (QED) is 0.778. The summed E-state index contributed by atoms with van der Waals surface area (Å²) in [5.41, 5.74) is 0. The van der Waals surface area contributed by atoms with Crippen molar-refractivity contribution in [3.05, 3.63) is 34.2 Å². The number of halogens is 1. The Hall–Kier alpha value is -1.10. The van der Waals surface area contributed by atoms with Crippen molar-refractivity contribution in [3.8, 4) is 0 Å². The molecule has 0 saturated carbocycles. The fraction of sp³-hybridized carbons (Fsp3) is 0.471. The second kappa shape index (κ2) is 6.99. The van der Waals surface area contributed by atoms with E-state index < -0.39 is 0 Å². The van der Waals surface area contributed by atoms with Crippen LogP contribution < -0.4 is 0 Å². The third-order valence-electron chi connectivity index (χ3n) is 4.18. The minimum Gasteiger partial charge on any atom is -0.466 e. The highest BCUT2D eigenvalue weighted by Crippen LogP contribution is 2.36. The van der Waals surface area contributed by atoms with Crippen molar-refractivity contribution in [2.24, 2.45) is 5.92 Å². The average molecular weight is 338 g/mol. The van der Waals surface area contributed by atoms with Gasteiger partial charge in [0, 0.05) is 21.5 Å². The minimum atomic E-state index is -0.0398. The van der Waals surface area contributed by atoms with Crippen LogP contribution in [0.4, 0.5) is 0 Å². The van der Waals surface area contributed by atoms with Crippen LogP contribution in [-0.2, 0) is 16.1 Å². The Morgan fingerprint density at radius 1 is 1.36 bits per heavy atom. The van der Waals surface area contributed by atoms with Crippen LogP contribution in [0.5, 0.6) is 0 Å². The summed E-state index contributed by atoms with van der Waals surface area (Å²) < 4.78 is 6.36. The summed E-state index contributed by atoms with van der Waals surface area (Å²) in [6, 6.07) is 8.26. The van der Waals surface area contributed by atoms with Crippen molar-refractivity contribution in [2.45, 2.75) is 26.3 Å². The number of esters is 1. The van der Waals surface area contributed by atoms with E-state index in [1.807, 2.05) is 19.1 Å². The van der Waals surface area contributed by atoms with Gasteiger partial charge in [-0.15, -0.1) is 11.3 Å². The normalized spacial score (nSPS) is 17.0. The van der Waals surface area contributed by atoms with E-state index in [2.05, 4.69) is 17.0 Å². The maximum absolute atomic E-state index is 11.8. The minimum absolute atomic E-state index is 0.0398. The Balaban J connectivity index is 1.62. The van der Waals surface area contributed by atoms with Crippen molar-refractivity contribution in [2.75, 3.05) is 19.7 Å². The van der Waals surface area contributed by atoms with Crippen LogP contribution in [-0.4, -0.2) is 30.6 Å². The molecular weight excluding hydrogens is 318 g/mol. The summed E-state index contributed by atoms with van der Waals surface area (Å²) in [7, 11) is 0. The zero-order chi connectivity index (χ0) is 15.5.